The summed E-state index contributed by atoms with van der Waals surface area (Å²) >= 11 is 0. The normalized spacial score (nSPS) is 19.1. The number of rotatable bonds is 3. The maximum absolute atomic E-state index is 11.9. The van der Waals surface area contributed by atoms with Crippen molar-refractivity contribution < 1.29 is 9.53 Å². The van der Waals surface area contributed by atoms with E-state index in [1.165, 1.54) is 24.7 Å². The second-order valence-electron chi connectivity index (χ2n) is 4.63. The zero-order chi connectivity index (χ0) is 13.3. The van der Waals surface area contributed by atoms with Gasteiger partial charge in [-0.05, 0) is 13.3 Å². The van der Waals surface area contributed by atoms with Gasteiger partial charge in [-0.2, -0.15) is 0 Å². The van der Waals surface area contributed by atoms with E-state index < -0.39 is 11.2 Å². The first-order valence-electron chi connectivity index (χ1n) is 5.90. The van der Waals surface area contributed by atoms with Crippen molar-refractivity contribution in [3.63, 3.8) is 0 Å². The molecule has 1 aromatic heterocycles. The van der Waals surface area contributed by atoms with Crippen LogP contribution < -0.4 is 11.2 Å². The highest BCUT2D eigenvalue weighted by Gasteiger charge is 2.19. The molecule has 0 unspecified atom stereocenters. The fourth-order valence-corrected chi connectivity index (χ4v) is 2.10. The van der Waals surface area contributed by atoms with E-state index in [4.69, 9.17) is 4.74 Å². The Balaban J connectivity index is 2.43. The fourth-order valence-electron chi connectivity index (χ4n) is 2.10. The number of hydrogen-bond donors (Lipinski definition) is 0. The maximum Gasteiger partial charge on any atom is 0.330 e. The molecule has 0 aromatic carbocycles. The van der Waals surface area contributed by atoms with Gasteiger partial charge in [-0.3, -0.25) is 18.7 Å². The van der Waals surface area contributed by atoms with E-state index in [9.17, 15) is 14.4 Å². The molecule has 1 aromatic rings. The standard InChI is InChI=1S/C12H16N2O4/c1-8(15)10-6-14(5-9-3-4-18-7-9)12(17)13(2)11(10)16/h6,9H,3-5,7H2,1-2H3/t9-/m0/s1. The summed E-state index contributed by atoms with van der Waals surface area (Å²) in [5, 5.41) is 0. The summed E-state index contributed by atoms with van der Waals surface area (Å²) in [5.41, 5.74) is -0.876. The molecule has 1 aliphatic rings. The van der Waals surface area contributed by atoms with Crippen LogP contribution in [0.3, 0.4) is 0 Å². The van der Waals surface area contributed by atoms with Gasteiger partial charge >= 0.3 is 5.69 Å². The van der Waals surface area contributed by atoms with E-state index >= 15 is 0 Å². The van der Waals surface area contributed by atoms with E-state index in [-0.39, 0.29) is 17.3 Å². The van der Waals surface area contributed by atoms with E-state index in [0.717, 1.165) is 11.0 Å². The van der Waals surface area contributed by atoms with E-state index in [1.807, 2.05) is 0 Å². The molecule has 0 spiro atoms. The Morgan fingerprint density at radius 3 is 2.78 bits per heavy atom. The molecule has 0 aliphatic carbocycles. The zero-order valence-electron chi connectivity index (χ0n) is 10.5. The minimum Gasteiger partial charge on any atom is -0.381 e. The molecule has 1 aliphatic heterocycles. The van der Waals surface area contributed by atoms with Crippen LogP contribution in [0, 0.1) is 5.92 Å². The second kappa shape index (κ2) is 4.89. The SMILES string of the molecule is CC(=O)c1cn(C[C@@H]2CCOC2)c(=O)n(C)c1=O. The van der Waals surface area contributed by atoms with E-state index in [1.54, 1.807) is 0 Å². The second-order valence-corrected chi connectivity index (χ2v) is 4.63. The van der Waals surface area contributed by atoms with Crippen LogP contribution in [-0.2, 0) is 18.3 Å². The largest absolute Gasteiger partial charge is 0.381 e. The molecule has 0 saturated carbocycles. The molecule has 2 rings (SSSR count). The third kappa shape index (κ3) is 2.28. The van der Waals surface area contributed by atoms with Crippen LogP contribution in [0.4, 0.5) is 0 Å². The zero-order valence-corrected chi connectivity index (χ0v) is 10.5. The van der Waals surface area contributed by atoms with Gasteiger partial charge in [0, 0.05) is 32.3 Å². The van der Waals surface area contributed by atoms with Crippen molar-refractivity contribution in [1.29, 1.82) is 0 Å². The first kappa shape index (κ1) is 12.8. The molecule has 6 nitrogen and oxygen atoms in total. The molecule has 0 bridgehead atoms. The number of aromatic nitrogens is 2. The van der Waals surface area contributed by atoms with Crippen LogP contribution in [0.2, 0.25) is 0 Å². The highest BCUT2D eigenvalue weighted by atomic mass is 16.5. The smallest absolute Gasteiger partial charge is 0.330 e. The summed E-state index contributed by atoms with van der Waals surface area (Å²) in [6.45, 7) is 3.12. The average molecular weight is 252 g/mol. The van der Waals surface area contributed by atoms with Crippen molar-refractivity contribution in [3.05, 3.63) is 32.6 Å². The van der Waals surface area contributed by atoms with Crippen molar-refractivity contribution in [2.45, 2.75) is 19.9 Å². The summed E-state index contributed by atoms with van der Waals surface area (Å²) in [4.78, 5) is 35.0. The van der Waals surface area contributed by atoms with Crippen LogP contribution in [-0.4, -0.2) is 28.1 Å². The highest BCUT2D eigenvalue weighted by Crippen LogP contribution is 2.13. The molecule has 0 N–H and O–H groups in total. The molecule has 98 valence electrons. The molecule has 0 amide bonds. The lowest BCUT2D eigenvalue weighted by Gasteiger charge is -2.12. The molecular weight excluding hydrogens is 236 g/mol. The molecule has 6 heteroatoms. The topological polar surface area (TPSA) is 70.3 Å². The number of nitrogens with zero attached hydrogens (tertiary/aromatic N) is 2. The van der Waals surface area contributed by atoms with Gasteiger partial charge in [0.05, 0.1) is 12.2 Å². The van der Waals surface area contributed by atoms with Gasteiger partial charge in [0.2, 0.25) is 0 Å². The van der Waals surface area contributed by atoms with Crippen molar-refractivity contribution in [3.8, 4) is 0 Å². The molecule has 1 fully saturated rings. The minimum atomic E-state index is -0.536. The summed E-state index contributed by atoms with van der Waals surface area (Å²) < 4.78 is 7.66. The quantitative estimate of drug-likeness (QED) is 0.698. The van der Waals surface area contributed by atoms with Crippen molar-refractivity contribution in [1.82, 2.24) is 9.13 Å². The third-order valence-electron chi connectivity index (χ3n) is 3.21. The predicted octanol–water partition coefficient (Wildman–Crippen LogP) is -0.214. The van der Waals surface area contributed by atoms with Crippen molar-refractivity contribution in [2.24, 2.45) is 13.0 Å². The van der Waals surface area contributed by atoms with Crippen LogP contribution in [0.25, 0.3) is 0 Å². The maximum atomic E-state index is 11.9. The predicted molar refractivity (Wildman–Crippen MR) is 64.9 cm³/mol. The summed E-state index contributed by atoms with van der Waals surface area (Å²) in [6, 6.07) is 0. The first-order chi connectivity index (χ1) is 8.50. The highest BCUT2D eigenvalue weighted by molar-refractivity contribution is 5.93. The number of hydrogen-bond acceptors (Lipinski definition) is 4. The van der Waals surface area contributed by atoms with Gasteiger partial charge in [0.1, 0.15) is 0 Å². The van der Waals surface area contributed by atoms with Gasteiger partial charge in [-0.15, -0.1) is 0 Å². The third-order valence-corrected chi connectivity index (χ3v) is 3.21. The molecule has 0 radical (unpaired) electrons. The number of carbonyl (C=O) groups excluding carboxylic acids is 1. The van der Waals surface area contributed by atoms with E-state index in [0.29, 0.717) is 19.8 Å². The number of Topliss-reactive ketones (excluding diaryl/α,β-unsaturated/α-hetero) is 1. The summed E-state index contributed by atoms with van der Waals surface area (Å²) in [7, 11) is 1.39. The molecule has 1 atom stereocenters. The monoisotopic (exact) mass is 252 g/mol. The lowest BCUT2D eigenvalue weighted by molar-refractivity contribution is 0.101. The van der Waals surface area contributed by atoms with Gasteiger partial charge in [-0.1, -0.05) is 0 Å². The lowest BCUT2D eigenvalue weighted by atomic mass is 10.1. The Bertz CT molecular complexity index is 579. The molecule has 18 heavy (non-hydrogen) atoms. The Morgan fingerprint density at radius 1 is 1.50 bits per heavy atom. The van der Waals surface area contributed by atoms with Gasteiger partial charge in [0.25, 0.3) is 5.56 Å². The summed E-state index contributed by atoms with van der Waals surface area (Å²) in [5.74, 6) is -0.0629. The lowest BCUT2D eigenvalue weighted by Crippen LogP contribution is -2.41. The van der Waals surface area contributed by atoms with E-state index in [2.05, 4.69) is 0 Å². The van der Waals surface area contributed by atoms with Crippen LogP contribution in [0.15, 0.2) is 15.8 Å². The molecular formula is C12H16N2O4. The minimum absolute atomic E-state index is 0.0519. The van der Waals surface area contributed by atoms with Crippen LogP contribution in [0.5, 0.6) is 0 Å². The Morgan fingerprint density at radius 2 is 2.22 bits per heavy atom. The Kier molecular flexibility index (Phi) is 3.47. The van der Waals surface area contributed by atoms with Crippen molar-refractivity contribution >= 4 is 5.78 Å². The Hall–Kier alpha value is -1.69. The van der Waals surface area contributed by atoms with Gasteiger partial charge < -0.3 is 4.74 Å². The van der Waals surface area contributed by atoms with Crippen molar-refractivity contribution in [2.75, 3.05) is 13.2 Å². The Labute approximate surface area is 104 Å². The van der Waals surface area contributed by atoms with Crippen LogP contribution >= 0.6 is 0 Å². The first-order valence-corrected chi connectivity index (χ1v) is 5.90. The summed E-state index contributed by atoms with van der Waals surface area (Å²) in [6.07, 6.45) is 2.26. The van der Waals surface area contributed by atoms with Crippen LogP contribution in [0.1, 0.15) is 23.7 Å². The number of ether oxygens (including phenoxy) is 1. The number of ketones is 1. The average Bonchev–Trinajstić information content (AvgIpc) is 2.82. The number of carbonyl (C=O) groups is 1. The fraction of sp³-hybridized carbons (Fsp3) is 0.583. The molecule has 2 heterocycles. The molecule has 1 saturated heterocycles. The van der Waals surface area contributed by atoms with Gasteiger partial charge in [0.15, 0.2) is 5.78 Å². The van der Waals surface area contributed by atoms with Gasteiger partial charge in [-0.25, -0.2) is 4.79 Å².